The Labute approximate surface area is 149 Å². The van der Waals surface area contributed by atoms with Gasteiger partial charge in [-0.05, 0) is 11.6 Å². The molecule has 0 atom stereocenters. The van der Waals surface area contributed by atoms with Crippen molar-refractivity contribution in [2.24, 2.45) is 7.05 Å². The zero-order valence-corrected chi connectivity index (χ0v) is 15.1. The van der Waals surface area contributed by atoms with Crippen LogP contribution in [0.15, 0.2) is 42.0 Å². The van der Waals surface area contributed by atoms with Gasteiger partial charge in [-0.3, -0.25) is 9.48 Å². The second kappa shape index (κ2) is 6.76. The summed E-state index contributed by atoms with van der Waals surface area (Å²) >= 11 is 1.39. The summed E-state index contributed by atoms with van der Waals surface area (Å²) in [5, 5.41) is 9.42. The Hall–Kier alpha value is -2.54. The summed E-state index contributed by atoms with van der Waals surface area (Å²) in [4.78, 5) is 16.7. The molecule has 3 rings (SSSR count). The fourth-order valence-electron chi connectivity index (χ4n) is 2.54. The lowest BCUT2D eigenvalue weighted by atomic mass is 9.84. The Morgan fingerprint density at radius 2 is 2.12 bits per heavy atom. The molecule has 2 heterocycles. The molecule has 1 amide bonds. The van der Waals surface area contributed by atoms with Gasteiger partial charge in [0.05, 0.1) is 6.20 Å². The van der Waals surface area contributed by atoms with Gasteiger partial charge in [-0.25, -0.2) is 9.37 Å². The molecule has 0 fully saturated rings. The van der Waals surface area contributed by atoms with Gasteiger partial charge in [-0.2, -0.15) is 5.10 Å². The third-order valence-electron chi connectivity index (χ3n) is 3.98. The van der Waals surface area contributed by atoms with E-state index in [0.29, 0.717) is 17.8 Å². The highest BCUT2D eigenvalue weighted by molar-refractivity contribution is 7.13. The van der Waals surface area contributed by atoms with E-state index in [2.05, 4.69) is 15.4 Å². The molecule has 5 nitrogen and oxygen atoms in total. The van der Waals surface area contributed by atoms with Crippen LogP contribution in [0, 0.1) is 5.82 Å². The van der Waals surface area contributed by atoms with Gasteiger partial charge < -0.3 is 5.32 Å². The van der Waals surface area contributed by atoms with E-state index in [9.17, 15) is 9.18 Å². The first-order valence-electron chi connectivity index (χ1n) is 7.84. The Morgan fingerprint density at radius 1 is 1.36 bits per heavy atom. The van der Waals surface area contributed by atoms with Gasteiger partial charge in [0.2, 0.25) is 0 Å². The number of hydrogen-bond donors (Lipinski definition) is 1. The first kappa shape index (κ1) is 17.3. The van der Waals surface area contributed by atoms with Crippen molar-refractivity contribution in [2.45, 2.75) is 19.3 Å². The van der Waals surface area contributed by atoms with Crippen LogP contribution in [0.2, 0.25) is 0 Å². The van der Waals surface area contributed by atoms with Crippen LogP contribution in [-0.2, 0) is 12.5 Å². The van der Waals surface area contributed by atoms with Crippen LogP contribution in [0.5, 0.6) is 0 Å². The summed E-state index contributed by atoms with van der Waals surface area (Å²) in [5.74, 6) is -0.537. The highest BCUT2D eigenvalue weighted by Gasteiger charge is 2.25. The van der Waals surface area contributed by atoms with Crippen molar-refractivity contribution in [3.05, 3.63) is 59.1 Å². The Kier molecular flexibility index (Phi) is 4.67. The molecule has 3 aromatic rings. The predicted molar refractivity (Wildman–Crippen MR) is 96.1 cm³/mol. The van der Waals surface area contributed by atoms with Gasteiger partial charge in [-0.1, -0.05) is 32.0 Å². The number of aromatic nitrogens is 3. The molecule has 130 valence electrons. The third-order valence-corrected chi connectivity index (χ3v) is 4.87. The lowest BCUT2D eigenvalue weighted by molar-refractivity contribution is 0.0941. The fourth-order valence-corrected chi connectivity index (χ4v) is 3.31. The van der Waals surface area contributed by atoms with E-state index in [0.717, 1.165) is 10.6 Å². The largest absolute Gasteiger partial charge is 0.350 e. The van der Waals surface area contributed by atoms with Crippen molar-refractivity contribution in [1.29, 1.82) is 0 Å². The van der Waals surface area contributed by atoms with Gasteiger partial charge in [0.25, 0.3) is 5.91 Å². The van der Waals surface area contributed by atoms with E-state index in [1.807, 2.05) is 27.1 Å². The minimum Gasteiger partial charge on any atom is -0.350 e. The fraction of sp³-hybridized carbons (Fsp3) is 0.278. The summed E-state index contributed by atoms with van der Waals surface area (Å²) in [6, 6.07) is 6.62. The number of hydrogen-bond acceptors (Lipinski definition) is 4. The summed E-state index contributed by atoms with van der Waals surface area (Å²) in [6.45, 7) is 4.11. The lowest BCUT2D eigenvalue weighted by Crippen LogP contribution is -2.37. The lowest BCUT2D eigenvalue weighted by Gasteiger charge is -2.25. The van der Waals surface area contributed by atoms with Crippen molar-refractivity contribution >= 4 is 17.2 Å². The number of thiazole rings is 1. The maximum atomic E-state index is 14.0. The number of amides is 1. The molecule has 1 aromatic carbocycles. The van der Waals surface area contributed by atoms with Crippen LogP contribution in [-0.4, -0.2) is 27.2 Å². The van der Waals surface area contributed by atoms with Gasteiger partial charge in [0.15, 0.2) is 0 Å². The van der Waals surface area contributed by atoms with Gasteiger partial charge >= 0.3 is 0 Å². The second-order valence-corrected chi connectivity index (χ2v) is 7.35. The van der Waals surface area contributed by atoms with Crippen LogP contribution in [0.25, 0.3) is 10.6 Å². The van der Waals surface area contributed by atoms with Crippen LogP contribution in [0.1, 0.15) is 29.9 Å². The molecule has 0 bridgehead atoms. The normalized spacial score (nSPS) is 11.5. The molecule has 0 radical (unpaired) electrons. The van der Waals surface area contributed by atoms with Crippen molar-refractivity contribution in [3.8, 4) is 10.6 Å². The monoisotopic (exact) mass is 358 g/mol. The standard InChI is InChI=1S/C18H19FN4OS/c1-18(2,13-6-4-5-7-14(13)19)11-20-16(24)15-10-25-17(22-15)12-8-21-23(3)9-12/h4-10H,11H2,1-3H3,(H,20,24). The minimum absolute atomic E-state index is 0.268. The quantitative estimate of drug-likeness (QED) is 0.760. The van der Waals surface area contributed by atoms with E-state index in [1.54, 1.807) is 34.5 Å². The minimum atomic E-state index is -0.525. The van der Waals surface area contributed by atoms with E-state index < -0.39 is 5.41 Å². The number of carbonyl (C=O) groups is 1. The summed E-state index contributed by atoms with van der Waals surface area (Å²) in [7, 11) is 1.83. The smallest absolute Gasteiger partial charge is 0.270 e. The van der Waals surface area contributed by atoms with Crippen LogP contribution < -0.4 is 5.32 Å². The molecule has 0 aliphatic carbocycles. The molecule has 0 unspecified atom stereocenters. The predicted octanol–water partition coefficient (Wildman–Crippen LogP) is 3.39. The summed E-state index contributed by atoms with van der Waals surface area (Å²) in [6.07, 6.45) is 3.56. The number of rotatable bonds is 5. The number of carbonyl (C=O) groups excluding carboxylic acids is 1. The second-order valence-electron chi connectivity index (χ2n) is 6.49. The van der Waals surface area contributed by atoms with Crippen molar-refractivity contribution in [2.75, 3.05) is 6.54 Å². The molecule has 0 saturated heterocycles. The van der Waals surface area contributed by atoms with Crippen molar-refractivity contribution < 1.29 is 9.18 Å². The third kappa shape index (κ3) is 3.76. The average Bonchev–Trinajstić information content (AvgIpc) is 3.22. The molecule has 0 aliphatic heterocycles. The molecule has 0 aliphatic rings. The van der Waals surface area contributed by atoms with Crippen LogP contribution >= 0.6 is 11.3 Å². The molecular formula is C18H19FN4OS. The molecule has 0 spiro atoms. The van der Waals surface area contributed by atoms with Crippen LogP contribution in [0.3, 0.4) is 0 Å². The highest BCUT2D eigenvalue weighted by atomic mass is 32.1. The molecule has 1 N–H and O–H groups in total. The number of benzene rings is 1. The topological polar surface area (TPSA) is 59.8 Å². The first-order valence-corrected chi connectivity index (χ1v) is 8.72. The van der Waals surface area contributed by atoms with Crippen molar-refractivity contribution in [3.63, 3.8) is 0 Å². The van der Waals surface area contributed by atoms with Gasteiger partial charge in [0, 0.05) is 36.1 Å². The number of nitrogens with one attached hydrogen (secondary N) is 1. The Balaban J connectivity index is 1.69. The maximum absolute atomic E-state index is 14.0. The number of aryl methyl sites for hydroxylation is 1. The SMILES string of the molecule is Cn1cc(-c2nc(C(=O)NCC(C)(C)c3ccccc3F)cs2)cn1. The molecule has 25 heavy (non-hydrogen) atoms. The zero-order chi connectivity index (χ0) is 18.0. The van der Waals surface area contributed by atoms with E-state index in [-0.39, 0.29) is 11.7 Å². The van der Waals surface area contributed by atoms with Gasteiger partial charge in [-0.15, -0.1) is 11.3 Å². The highest BCUT2D eigenvalue weighted by Crippen LogP contribution is 2.26. The van der Waals surface area contributed by atoms with Crippen molar-refractivity contribution in [1.82, 2.24) is 20.1 Å². The maximum Gasteiger partial charge on any atom is 0.270 e. The first-order chi connectivity index (χ1) is 11.9. The summed E-state index contributed by atoms with van der Waals surface area (Å²) < 4.78 is 15.7. The van der Waals surface area contributed by atoms with E-state index in [4.69, 9.17) is 0 Å². The molecular weight excluding hydrogens is 339 g/mol. The van der Waals surface area contributed by atoms with E-state index >= 15 is 0 Å². The summed E-state index contributed by atoms with van der Waals surface area (Å²) in [5.41, 5.74) is 1.28. The molecule has 2 aromatic heterocycles. The number of halogens is 1. The van der Waals surface area contributed by atoms with Crippen LogP contribution in [0.4, 0.5) is 4.39 Å². The zero-order valence-electron chi connectivity index (χ0n) is 14.3. The van der Waals surface area contributed by atoms with Gasteiger partial charge in [0.1, 0.15) is 16.5 Å². The average molecular weight is 358 g/mol. The number of nitrogens with zero attached hydrogens (tertiary/aromatic N) is 3. The molecule has 7 heteroatoms. The van der Waals surface area contributed by atoms with E-state index in [1.165, 1.54) is 17.4 Å². The molecule has 0 saturated carbocycles. The Bertz CT molecular complexity index is 900. The Morgan fingerprint density at radius 3 is 2.80 bits per heavy atom.